The fourth-order valence-corrected chi connectivity index (χ4v) is 3.39. The molecule has 0 radical (unpaired) electrons. The van der Waals surface area contributed by atoms with Gasteiger partial charge in [0.15, 0.2) is 11.5 Å². The average molecular weight is 332 g/mol. The van der Waals surface area contributed by atoms with E-state index in [2.05, 4.69) is 36.2 Å². The summed E-state index contributed by atoms with van der Waals surface area (Å²) in [6.07, 6.45) is 1.99. The molecule has 1 aliphatic heterocycles. The lowest BCUT2D eigenvalue weighted by Crippen LogP contribution is -2.33. The van der Waals surface area contributed by atoms with Gasteiger partial charge in [-0.15, -0.1) is 0 Å². The lowest BCUT2D eigenvalue weighted by molar-refractivity contribution is 0.228. The Bertz CT molecular complexity index is 685. The number of benzene rings is 2. The second-order valence-corrected chi connectivity index (χ2v) is 6.42. The molecule has 3 rings (SSSR count). The summed E-state index contributed by atoms with van der Waals surface area (Å²) in [6.45, 7) is 1.04. The highest BCUT2D eigenvalue weighted by molar-refractivity contribution is 6.30. The van der Waals surface area contributed by atoms with Crippen LogP contribution < -0.4 is 9.47 Å². The van der Waals surface area contributed by atoms with Crippen LogP contribution in [0.1, 0.15) is 22.7 Å². The molecule has 2 aromatic carbocycles. The Kier molecular flexibility index (Phi) is 4.79. The molecule has 0 saturated carbocycles. The minimum atomic E-state index is 0.333. The molecule has 1 aliphatic rings. The first-order chi connectivity index (χ1) is 11.1. The van der Waals surface area contributed by atoms with Gasteiger partial charge in [0.2, 0.25) is 0 Å². The molecule has 0 fully saturated rings. The van der Waals surface area contributed by atoms with Gasteiger partial charge in [-0.05, 0) is 60.8 Å². The number of methoxy groups -OCH3 is 2. The maximum atomic E-state index is 6.00. The van der Waals surface area contributed by atoms with Gasteiger partial charge in [0.1, 0.15) is 0 Å². The molecule has 4 heteroatoms. The molecule has 0 aliphatic carbocycles. The van der Waals surface area contributed by atoms with E-state index >= 15 is 0 Å². The Morgan fingerprint density at radius 3 is 2.39 bits per heavy atom. The van der Waals surface area contributed by atoms with Crippen LogP contribution >= 0.6 is 11.6 Å². The molecule has 0 amide bonds. The van der Waals surface area contributed by atoms with Gasteiger partial charge in [0.25, 0.3) is 0 Å². The van der Waals surface area contributed by atoms with Crippen LogP contribution in [0.25, 0.3) is 0 Å². The lowest BCUT2D eigenvalue weighted by Gasteiger charge is -2.35. The summed E-state index contributed by atoms with van der Waals surface area (Å²) in [5.41, 5.74) is 3.96. The highest BCUT2D eigenvalue weighted by Gasteiger charge is 2.26. The number of halogens is 1. The monoisotopic (exact) mass is 331 g/mol. The lowest BCUT2D eigenvalue weighted by atomic mass is 9.88. The van der Waals surface area contributed by atoms with Crippen molar-refractivity contribution in [1.82, 2.24) is 4.90 Å². The molecule has 0 spiro atoms. The van der Waals surface area contributed by atoms with Crippen molar-refractivity contribution in [3.05, 3.63) is 58.1 Å². The average Bonchev–Trinajstić information content (AvgIpc) is 2.58. The van der Waals surface area contributed by atoms with Crippen LogP contribution in [0.5, 0.6) is 11.5 Å². The molecular weight excluding hydrogens is 310 g/mol. The summed E-state index contributed by atoms with van der Waals surface area (Å²) in [4.78, 5) is 2.41. The summed E-state index contributed by atoms with van der Waals surface area (Å²) < 4.78 is 10.9. The molecule has 1 atom stereocenters. The van der Waals surface area contributed by atoms with Crippen LogP contribution in [-0.2, 0) is 12.8 Å². The van der Waals surface area contributed by atoms with Gasteiger partial charge in [-0.1, -0.05) is 23.7 Å². The van der Waals surface area contributed by atoms with Gasteiger partial charge in [0, 0.05) is 17.6 Å². The quantitative estimate of drug-likeness (QED) is 0.841. The van der Waals surface area contributed by atoms with E-state index in [4.69, 9.17) is 21.1 Å². The molecule has 0 bridgehead atoms. The predicted molar refractivity (Wildman–Crippen MR) is 93.8 cm³/mol. The molecule has 1 heterocycles. The molecule has 2 aromatic rings. The molecule has 1 unspecified atom stereocenters. The zero-order valence-corrected chi connectivity index (χ0v) is 14.6. The van der Waals surface area contributed by atoms with E-state index in [1.165, 1.54) is 16.7 Å². The highest BCUT2D eigenvalue weighted by atomic mass is 35.5. The summed E-state index contributed by atoms with van der Waals surface area (Å²) in [7, 11) is 5.55. The van der Waals surface area contributed by atoms with Gasteiger partial charge in [-0.25, -0.2) is 0 Å². The van der Waals surface area contributed by atoms with E-state index < -0.39 is 0 Å². The van der Waals surface area contributed by atoms with Crippen LogP contribution in [-0.4, -0.2) is 32.7 Å². The molecular formula is C19H22ClNO2. The number of hydrogen-bond donors (Lipinski definition) is 0. The maximum absolute atomic E-state index is 6.00. The van der Waals surface area contributed by atoms with Crippen molar-refractivity contribution < 1.29 is 9.47 Å². The van der Waals surface area contributed by atoms with Gasteiger partial charge in [-0.2, -0.15) is 0 Å². The molecule has 0 N–H and O–H groups in total. The van der Waals surface area contributed by atoms with E-state index in [1.54, 1.807) is 14.2 Å². The van der Waals surface area contributed by atoms with Gasteiger partial charge < -0.3 is 9.47 Å². The Balaban J connectivity index is 1.96. The third-order valence-corrected chi connectivity index (χ3v) is 4.86. The van der Waals surface area contributed by atoms with Crippen molar-refractivity contribution in [2.24, 2.45) is 0 Å². The van der Waals surface area contributed by atoms with Crippen molar-refractivity contribution in [3.8, 4) is 11.5 Å². The largest absolute Gasteiger partial charge is 0.493 e. The van der Waals surface area contributed by atoms with Crippen molar-refractivity contribution >= 4 is 11.6 Å². The SMILES string of the molecule is COc1cc2c(cc1OC)C(Cc1ccc(Cl)cc1)N(C)CC2. The number of nitrogens with zero attached hydrogens (tertiary/aromatic N) is 1. The Hall–Kier alpha value is -1.71. The third-order valence-electron chi connectivity index (χ3n) is 4.61. The fourth-order valence-electron chi connectivity index (χ4n) is 3.26. The normalized spacial score (nSPS) is 17.7. The standard InChI is InChI=1S/C19H22ClNO2/c1-21-9-8-14-11-18(22-2)19(23-3)12-16(14)17(21)10-13-4-6-15(20)7-5-13/h4-7,11-12,17H,8-10H2,1-3H3. The molecule has 3 nitrogen and oxygen atoms in total. The van der Waals surface area contributed by atoms with Crippen LogP contribution in [0, 0.1) is 0 Å². The number of ether oxygens (including phenoxy) is 2. The van der Waals surface area contributed by atoms with Crippen molar-refractivity contribution in [2.45, 2.75) is 18.9 Å². The van der Waals surface area contributed by atoms with Crippen molar-refractivity contribution in [1.29, 1.82) is 0 Å². The number of hydrogen-bond acceptors (Lipinski definition) is 3. The van der Waals surface area contributed by atoms with Crippen LogP contribution in [0.2, 0.25) is 5.02 Å². The third kappa shape index (κ3) is 3.31. The van der Waals surface area contributed by atoms with Crippen LogP contribution in [0.15, 0.2) is 36.4 Å². The zero-order valence-electron chi connectivity index (χ0n) is 13.8. The van der Waals surface area contributed by atoms with E-state index in [-0.39, 0.29) is 0 Å². The van der Waals surface area contributed by atoms with Crippen molar-refractivity contribution in [3.63, 3.8) is 0 Å². The minimum Gasteiger partial charge on any atom is -0.493 e. The van der Waals surface area contributed by atoms with E-state index in [0.29, 0.717) is 6.04 Å². The second-order valence-electron chi connectivity index (χ2n) is 5.98. The van der Waals surface area contributed by atoms with E-state index in [0.717, 1.165) is 35.9 Å². The number of likely N-dealkylation sites (N-methyl/N-ethyl adjacent to an activating group) is 1. The number of rotatable bonds is 4. The maximum Gasteiger partial charge on any atom is 0.161 e. The van der Waals surface area contributed by atoms with Crippen molar-refractivity contribution in [2.75, 3.05) is 27.8 Å². The van der Waals surface area contributed by atoms with Crippen LogP contribution in [0.4, 0.5) is 0 Å². The first-order valence-corrected chi connectivity index (χ1v) is 8.19. The summed E-state index contributed by atoms with van der Waals surface area (Å²) in [5, 5.41) is 0.776. The molecule has 23 heavy (non-hydrogen) atoms. The molecule has 122 valence electrons. The Morgan fingerprint density at radius 1 is 1.09 bits per heavy atom. The minimum absolute atomic E-state index is 0.333. The van der Waals surface area contributed by atoms with Crippen LogP contribution in [0.3, 0.4) is 0 Å². The predicted octanol–water partition coefficient (Wildman–Crippen LogP) is 4.13. The topological polar surface area (TPSA) is 21.7 Å². The summed E-state index contributed by atoms with van der Waals surface area (Å²) in [5.74, 6) is 1.60. The molecule has 0 saturated heterocycles. The Morgan fingerprint density at radius 2 is 1.74 bits per heavy atom. The van der Waals surface area contributed by atoms with E-state index in [1.807, 2.05) is 12.1 Å². The van der Waals surface area contributed by atoms with Gasteiger partial charge >= 0.3 is 0 Å². The first-order valence-electron chi connectivity index (χ1n) is 7.82. The number of fused-ring (bicyclic) bond motifs is 1. The summed E-state index contributed by atoms with van der Waals surface area (Å²) >= 11 is 6.00. The summed E-state index contributed by atoms with van der Waals surface area (Å²) in [6, 6.07) is 12.7. The highest BCUT2D eigenvalue weighted by Crippen LogP contribution is 2.38. The van der Waals surface area contributed by atoms with E-state index in [9.17, 15) is 0 Å². The molecule has 0 aromatic heterocycles. The first kappa shape index (κ1) is 16.2. The zero-order chi connectivity index (χ0) is 16.4. The Labute approximate surface area is 142 Å². The smallest absolute Gasteiger partial charge is 0.161 e. The fraction of sp³-hybridized carbons (Fsp3) is 0.368. The van der Waals surface area contributed by atoms with Gasteiger partial charge in [-0.3, -0.25) is 4.90 Å². The second kappa shape index (κ2) is 6.81. The van der Waals surface area contributed by atoms with Gasteiger partial charge in [0.05, 0.1) is 14.2 Å².